The summed E-state index contributed by atoms with van der Waals surface area (Å²) in [5.41, 5.74) is 5.27. The van der Waals surface area contributed by atoms with Crippen molar-refractivity contribution in [3.8, 4) is 12.3 Å². The summed E-state index contributed by atoms with van der Waals surface area (Å²) in [6, 6.07) is 6.70. The van der Waals surface area contributed by atoms with Gasteiger partial charge in [0.1, 0.15) is 17.7 Å². The molecule has 2 aliphatic rings. The molecule has 2 aliphatic heterocycles. The minimum atomic E-state index is -2.23. The number of carboxylic acid groups (broad SMARTS) is 1. The highest BCUT2D eigenvalue weighted by molar-refractivity contribution is 6.28. The lowest BCUT2D eigenvalue weighted by molar-refractivity contribution is -0.156. The zero-order valence-corrected chi connectivity index (χ0v) is 21.7. The molecule has 2 amide bonds. The van der Waals surface area contributed by atoms with Crippen LogP contribution in [0, 0.1) is 12.3 Å². The topological polar surface area (TPSA) is 198 Å². The van der Waals surface area contributed by atoms with Gasteiger partial charge in [-0.1, -0.05) is 18.1 Å². The number of carbonyl (C=O) groups is 2. The second-order valence-electron chi connectivity index (χ2n) is 9.40. The third-order valence-corrected chi connectivity index (χ3v) is 7.08. The van der Waals surface area contributed by atoms with Crippen molar-refractivity contribution >= 4 is 46.3 Å². The van der Waals surface area contributed by atoms with Crippen molar-refractivity contribution < 1.29 is 34.4 Å². The third-order valence-electron chi connectivity index (χ3n) is 6.92. The number of nitrogen functional groups attached to an aromatic ring is 1. The first kappa shape index (κ1) is 27.6. The second kappa shape index (κ2) is 10.9. The monoisotopic (exact) mass is 571 g/mol. The number of urea groups is 1. The average Bonchev–Trinajstić information content (AvgIpc) is 3.46. The molecule has 0 bridgehead atoms. The van der Waals surface area contributed by atoms with Crippen molar-refractivity contribution in [1.29, 1.82) is 0 Å². The van der Waals surface area contributed by atoms with Crippen molar-refractivity contribution in [3.63, 3.8) is 0 Å². The van der Waals surface area contributed by atoms with Crippen molar-refractivity contribution in [2.45, 2.75) is 43.0 Å². The molecule has 40 heavy (non-hydrogen) atoms. The van der Waals surface area contributed by atoms with Crippen LogP contribution in [0.2, 0.25) is 5.28 Å². The maximum Gasteiger partial charge on any atom is 0.333 e. The molecule has 3 aromatic rings. The van der Waals surface area contributed by atoms with Gasteiger partial charge in [0.05, 0.1) is 12.9 Å². The van der Waals surface area contributed by atoms with Gasteiger partial charge < -0.3 is 35.8 Å². The van der Waals surface area contributed by atoms with Crippen molar-refractivity contribution in [2.24, 2.45) is 0 Å². The first-order chi connectivity index (χ1) is 19.1. The minimum Gasteiger partial charge on any atom is -0.479 e. The molecular formula is C25H26ClN7O7. The second-order valence-corrected chi connectivity index (χ2v) is 9.74. The summed E-state index contributed by atoms with van der Waals surface area (Å²) in [7, 11) is 0. The number of nitrogens with two attached hydrogens (primary N) is 1. The number of nitrogens with zero attached hydrogens (tertiary/aromatic N) is 5. The number of aliphatic carboxylic acids is 1. The predicted octanol–water partition coefficient (Wildman–Crippen LogP) is 0.317. The molecule has 0 spiro atoms. The van der Waals surface area contributed by atoms with Gasteiger partial charge in [0, 0.05) is 25.2 Å². The van der Waals surface area contributed by atoms with E-state index in [9.17, 15) is 24.9 Å². The van der Waals surface area contributed by atoms with Gasteiger partial charge in [0.15, 0.2) is 29.4 Å². The predicted molar refractivity (Wildman–Crippen MR) is 141 cm³/mol. The molecule has 0 saturated carbocycles. The fourth-order valence-electron chi connectivity index (χ4n) is 4.74. The highest BCUT2D eigenvalue weighted by Crippen LogP contribution is 2.39. The number of rotatable bonds is 8. The number of amides is 2. The number of carboxylic acids is 1. The number of aliphatic hydroxyl groups excluding tert-OH is 1. The molecule has 14 nitrogen and oxygen atoms in total. The summed E-state index contributed by atoms with van der Waals surface area (Å²) in [5.74, 6) is 0.901. The molecule has 210 valence electrons. The van der Waals surface area contributed by atoms with Crippen LogP contribution in [0.15, 0.2) is 30.6 Å². The van der Waals surface area contributed by atoms with Crippen LogP contribution < -0.4 is 16.0 Å². The summed E-state index contributed by atoms with van der Waals surface area (Å²) >= 11 is 5.92. The van der Waals surface area contributed by atoms with Crippen LogP contribution in [0.3, 0.4) is 0 Å². The number of hydrogen-bond donors (Lipinski definition) is 5. The first-order valence-electron chi connectivity index (χ1n) is 12.3. The molecule has 6 N–H and O–H groups in total. The van der Waals surface area contributed by atoms with E-state index in [1.165, 1.54) is 10.9 Å². The zero-order valence-electron chi connectivity index (χ0n) is 21.0. The fourth-order valence-corrected chi connectivity index (χ4v) is 4.91. The maximum absolute atomic E-state index is 12.1. The number of anilines is 2. The number of fused-ring (bicyclic) bond motifs is 1. The van der Waals surface area contributed by atoms with Gasteiger partial charge in [0.25, 0.3) is 0 Å². The number of aromatic nitrogens is 4. The van der Waals surface area contributed by atoms with Crippen LogP contribution in [-0.2, 0) is 20.7 Å². The Bertz CT molecular complexity index is 1480. The Balaban J connectivity index is 1.30. The standard InChI is InChI=1S/C25H26ClN7O7/c1-2-25(38)16(40-21(18(25)34)33-12-29-17-19(27)30-23(26)31-20(17)33)11-39-15(22(35)36)10-13-4-6-14(7-5-13)32-9-3-8-28-24(32)37/h1,4-7,12,15-16,18,21,34,38H,3,8-11H2,(H,28,37)(H,35,36)(H2,27,30,31)/t15?,16-,18+,21-,25-/m1/s1. The van der Waals surface area contributed by atoms with Crippen LogP contribution in [0.1, 0.15) is 18.2 Å². The van der Waals surface area contributed by atoms with Crippen molar-refractivity contribution in [1.82, 2.24) is 24.8 Å². The fraction of sp³-hybridized carbons (Fsp3) is 0.400. The van der Waals surface area contributed by atoms with Crippen LogP contribution in [-0.4, -0.2) is 90.4 Å². The maximum atomic E-state index is 12.1. The van der Waals surface area contributed by atoms with Crippen LogP contribution in [0.4, 0.5) is 16.3 Å². The van der Waals surface area contributed by atoms with E-state index in [2.05, 4.69) is 26.2 Å². The summed E-state index contributed by atoms with van der Waals surface area (Å²) in [6.07, 6.45) is 2.06. The molecule has 5 atom stereocenters. The number of halogens is 1. The Kier molecular flexibility index (Phi) is 7.49. The Morgan fingerprint density at radius 1 is 1.38 bits per heavy atom. The Hall–Kier alpha value is -4.00. The van der Waals surface area contributed by atoms with E-state index < -0.39 is 42.7 Å². The summed E-state index contributed by atoms with van der Waals surface area (Å²) in [6.45, 7) is 0.751. The molecule has 0 radical (unpaired) electrons. The Labute approximate surface area is 232 Å². The SMILES string of the molecule is C#C[C@@]1(O)[C@@H](COC(Cc2ccc(N3CCCNC3=O)cc2)C(=O)O)O[C@@H](n2cnc3c(N)nc(Cl)nc32)[C@@H]1O. The number of ether oxygens (including phenoxy) is 2. The molecule has 2 fully saturated rings. The molecule has 1 unspecified atom stereocenters. The largest absolute Gasteiger partial charge is 0.479 e. The third kappa shape index (κ3) is 5.01. The first-order valence-corrected chi connectivity index (χ1v) is 12.7. The highest BCUT2D eigenvalue weighted by Gasteiger charge is 2.56. The van der Waals surface area contributed by atoms with Crippen LogP contribution in [0.5, 0.6) is 0 Å². The van der Waals surface area contributed by atoms with Gasteiger partial charge in [0.2, 0.25) is 5.28 Å². The lowest BCUT2D eigenvalue weighted by Crippen LogP contribution is -2.48. The van der Waals surface area contributed by atoms with Crippen molar-refractivity contribution in [2.75, 3.05) is 30.3 Å². The molecule has 5 rings (SSSR count). The quantitative estimate of drug-likeness (QED) is 0.184. The average molecular weight is 572 g/mol. The number of terminal acetylenes is 1. The zero-order chi connectivity index (χ0) is 28.6. The van der Waals surface area contributed by atoms with Gasteiger partial charge >= 0.3 is 12.0 Å². The molecule has 15 heteroatoms. The van der Waals surface area contributed by atoms with E-state index >= 15 is 0 Å². The summed E-state index contributed by atoms with van der Waals surface area (Å²) in [5, 5.41) is 34.4. The smallest absolute Gasteiger partial charge is 0.333 e. The number of benzene rings is 1. The number of hydrogen-bond acceptors (Lipinski definition) is 10. The van der Waals surface area contributed by atoms with Gasteiger partial charge in [-0.25, -0.2) is 14.6 Å². The Morgan fingerprint density at radius 2 is 2.12 bits per heavy atom. The molecule has 4 heterocycles. The van der Waals surface area contributed by atoms with Crippen molar-refractivity contribution in [3.05, 3.63) is 41.4 Å². The molecule has 0 aliphatic carbocycles. The number of nitrogens with one attached hydrogen (secondary N) is 1. The van der Waals surface area contributed by atoms with Crippen LogP contribution >= 0.6 is 11.6 Å². The lowest BCUT2D eigenvalue weighted by atomic mass is 9.93. The van der Waals surface area contributed by atoms with Gasteiger partial charge in [-0.2, -0.15) is 9.97 Å². The van der Waals surface area contributed by atoms with Gasteiger partial charge in [-0.05, 0) is 35.7 Å². The number of carbonyl (C=O) groups excluding carboxylic acids is 1. The normalized spacial score (nSPS) is 25.5. The summed E-state index contributed by atoms with van der Waals surface area (Å²) < 4.78 is 12.8. The molecule has 2 saturated heterocycles. The Morgan fingerprint density at radius 3 is 2.80 bits per heavy atom. The highest BCUT2D eigenvalue weighted by atomic mass is 35.5. The summed E-state index contributed by atoms with van der Waals surface area (Å²) in [4.78, 5) is 37.7. The molecule has 2 aromatic heterocycles. The number of imidazole rings is 1. The lowest BCUT2D eigenvalue weighted by Gasteiger charge is -2.27. The van der Waals surface area contributed by atoms with E-state index in [0.29, 0.717) is 24.3 Å². The van der Waals surface area contributed by atoms with E-state index in [0.717, 1.165) is 6.42 Å². The molecular weight excluding hydrogens is 546 g/mol. The van der Waals surface area contributed by atoms with Crippen LogP contribution in [0.25, 0.3) is 11.2 Å². The van der Waals surface area contributed by atoms with E-state index in [1.54, 1.807) is 29.2 Å². The molecule has 1 aromatic carbocycles. The van der Waals surface area contributed by atoms with E-state index in [-0.39, 0.29) is 34.7 Å². The minimum absolute atomic E-state index is 0.00450. The van der Waals surface area contributed by atoms with Gasteiger partial charge in [-0.15, -0.1) is 6.42 Å². The number of aliphatic hydroxyl groups is 2. The van der Waals surface area contributed by atoms with E-state index in [4.69, 9.17) is 33.2 Å². The van der Waals surface area contributed by atoms with E-state index in [1.807, 2.05) is 0 Å². The van der Waals surface area contributed by atoms with Gasteiger partial charge in [-0.3, -0.25) is 9.47 Å².